The number of ether oxygens (including phenoxy) is 1. The van der Waals surface area contributed by atoms with Crippen molar-refractivity contribution in [1.82, 2.24) is 9.88 Å². The van der Waals surface area contributed by atoms with E-state index in [9.17, 15) is 13.8 Å². The number of carbonyl (C=O) groups is 2. The van der Waals surface area contributed by atoms with E-state index in [1.807, 2.05) is 6.07 Å². The summed E-state index contributed by atoms with van der Waals surface area (Å²) in [7, 11) is -1.26. The van der Waals surface area contributed by atoms with Crippen LogP contribution in [-0.2, 0) is 15.6 Å². The lowest BCUT2D eigenvalue weighted by atomic mass is 10.1. The Morgan fingerprint density at radius 1 is 1.28 bits per heavy atom. The molecule has 2 saturated carbocycles. The van der Waals surface area contributed by atoms with Crippen molar-refractivity contribution in [2.45, 2.75) is 37.6 Å². The minimum Gasteiger partial charge on any atom is -0.477 e. The van der Waals surface area contributed by atoms with Crippen molar-refractivity contribution in [3.63, 3.8) is 0 Å². The van der Waals surface area contributed by atoms with Crippen LogP contribution in [0.4, 0.5) is 0 Å². The molecule has 0 radical (unpaired) electrons. The molecule has 8 heteroatoms. The zero-order valence-corrected chi connectivity index (χ0v) is 14.7. The van der Waals surface area contributed by atoms with E-state index in [2.05, 4.69) is 4.98 Å². The van der Waals surface area contributed by atoms with Crippen molar-refractivity contribution in [2.75, 3.05) is 18.2 Å². The largest absolute Gasteiger partial charge is 0.477 e. The number of hydrogen-bond donors (Lipinski definition) is 1. The number of carbonyl (C=O) groups excluding carboxylic acids is 2. The molecule has 7 nitrogen and oxygen atoms in total. The van der Waals surface area contributed by atoms with E-state index in [-0.39, 0.29) is 17.3 Å². The highest BCUT2D eigenvalue weighted by Crippen LogP contribution is 2.44. The average molecular weight is 363 g/mol. The first-order valence-electron chi connectivity index (χ1n) is 8.62. The highest BCUT2D eigenvalue weighted by Gasteiger charge is 2.38. The van der Waals surface area contributed by atoms with E-state index in [1.54, 1.807) is 6.07 Å². The molecule has 1 aliphatic heterocycles. The molecule has 2 atom stereocenters. The van der Waals surface area contributed by atoms with Crippen LogP contribution in [0, 0.1) is 5.92 Å². The van der Waals surface area contributed by atoms with Gasteiger partial charge in [-0.1, -0.05) is 6.07 Å². The molecule has 1 aromatic rings. The summed E-state index contributed by atoms with van der Waals surface area (Å²) in [5.41, 5.74) is 6.60. The second-order valence-electron chi connectivity index (χ2n) is 7.05. The van der Waals surface area contributed by atoms with Gasteiger partial charge in [-0.15, -0.1) is 0 Å². The number of pyridine rings is 1. The summed E-state index contributed by atoms with van der Waals surface area (Å²) in [6.07, 6.45) is 4.59. The minimum absolute atomic E-state index is 0.0107. The number of nitrogens with two attached hydrogens (primary N) is 1. The van der Waals surface area contributed by atoms with E-state index in [0.29, 0.717) is 24.3 Å². The Morgan fingerprint density at radius 3 is 2.68 bits per heavy atom. The number of primary amides is 1. The van der Waals surface area contributed by atoms with Crippen molar-refractivity contribution < 1.29 is 18.5 Å². The molecule has 2 aliphatic carbocycles. The molecule has 3 fully saturated rings. The van der Waals surface area contributed by atoms with Gasteiger partial charge in [0.05, 0.1) is 18.2 Å². The first kappa shape index (κ1) is 16.5. The zero-order chi connectivity index (χ0) is 17.6. The van der Waals surface area contributed by atoms with Crippen molar-refractivity contribution in [3.05, 3.63) is 23.4 Å². The van der Waals surface area contributed by atoms with Gasteiger partial charge >= 0.3 is 0 Å². The fraction of sp³-hybridized carbons (Fsp3) is 0.588. The van der Waals surface area contributed by atoms with Gasteiger partial charge in [0.25, 0.3) is 5.91 Å². The molecule has 2 heterocycles. The summed E-state index contributed by atoms with van der Waals surface area (Å²) in [6, 6.07) is 2.72. The van der Waals surface area contributed by atoms with Crippen LogP contribution >= 0.6 is 0 Å². The van der Waals surface area contributed by atoms with Crippen molar-refractivity contribution in [2.24, 2.45) is 11.7 Å². The van der Waals surface area contributed by atoms with Crippen molar-refractivity contribution >= 4 is 22.6 Å². The average Bonchev–Trinajstić information content (AvgIpc) is 3.50. The van der Waals surface area contributed by atoms with Crippen LogP contribution in [0.15, 0.2) is 12.1 Å². The molecule has 134 valence electrons. The monoisotopic (exact) mass is 363 g/mol. The summed E-state index contributed by atoms with van der Waals surface area (Å²) in [6.45, 7) is 0.627. The predicted octanol–water partition coefficient (Wildman–Crippen LogP) is 0.764. The topological polar surface area (TPSA) is 103 Å². The maximum atomic E-state index is 12.8. The lowest BCUT2D eigenvalue weighted by Gasteiger charge is -2.21. The summed E-state index contributed by atoms with van der Waals surface area (Å²) in [4.78, 5) is 30.0. The van der Waals surface area contributed by atoms with E-state index < -0.39 is 28.7 Å². The number of hydrogen-bond acceptors (Lipinski definition) is 5. The molecule has 3 aliphatic rings. The second kappa shape index (κ2) is 6.40. The van der Waals surface area contributed by atoms with Gasteiger partial charge in [-0.3, -0.25) is 13.8 Å². The third-order valence-electron chi connectivity index (χ3n) is 4.87. The van der Waals surface area contributed by atoms with Gasteiger partial charge in [0.1, 0.15) is 11.7 Å². The Kier molecular flexibility index (Phi) is 4.23. The Balaban J connectivity index is 1.58. The summed E-state index contributed by atoms with van der Waals surface area (Å²) < 4.78 is 17.6. The number of aromatic nitrogens is 1. The van der Waals surface area contributed by atoms with E-state index in [4.69, 9.17) is 10.5 Å². The summed E-state index contributed by atoms with van der Waals surface area (Å²) >= 11 is 0. The van der Waals surface area contributed by atoms with Gasteiger partial charge in [-0.05, 0) is 43.6 Å². The van der Waals surface area contributed by atoms with Crippen LogP contribution in [0.5, 0.6) is 5.88 Å². The first-order chi connectivity index (χ1) is 12.0. The number of nitrogens with zero attached hydrogens (tertiary/aromatic N) is 2. The molecule has 1 unspecified atom stereocenters. The lowest BCUT2D eigenvalue weighted by Crippen LogP contribution is -2.45. The highest BCUT2D eigenvalue weighted by atomic mass is 32.2. The van der Waals surface area contributed by atoms with Crippen molar-refractivity contribution in [3.8, 4) is 5.88 Å². The van der Waals surface area contributed by atoms with Crippen LogP contribution in [0.1, 0.15) is 47.7 Å². The number of rotatable bonds is 6. The molecule has 2 N–H and O–H groups in total. The van der Waals surface area contributed by atoms with Crippen LogP contribution < -0.4 is 10.5 Å². The number of amides is 2. The maximum Gasteiger partial charge on any atom is 0.274 e. The molecule has 25 heavy (non-hydrogen) atoms. The normalized spacial score (nSPS) is 25.8. The van der Waals surface area contributed by atoms with Crippen LogP contribution in [-0.4, -0.2) is 50.2 Å². The molecular formula is C17H21N3O4S. The van der Waals surface area contributed by atoms with E-state index in [0.717, 1.165) is 18.4 Å². The Labute approximate surface area is 148 Å². The molecule has 2 amide bonds. The molecule has 1 saturated heterocycles. The van der Waals surface area contributed by atoms with E-state index >= 15 is 0 Å². The summed E-state index contributed by atoms with van der Waals surface area (Å²) in [5.74, 6) is 0.615. The van der Waals surface area contributed by atoms with E-state index in [1.165, 1.54) is 17.7 Å². The van der Waals surface area contributed by atoms with Crippen LogP contribution in [0.25, 0.3) is 0 Å². The molecule has 4 rings (SSSR count). The first-order valence-corrected chi connectivity index (χ1v) is 10.1. The van der Waals surface area contributed by atoms with Gasteiger partial charge < -0.3 is 15.4 Å². The smallest absolute Gasteiger partial charge is 0.274 e. The van der Waals surface area contributed by atoms with Crippen LogP contribution in [0.3, 0.4) is 0 Å². The Hall–Kier alpha value is -1.96. The zero-order valence-electron chi connectivity index (χ0n) is 13.8. The Morgan fingerprint density at radius 2 is 2.04 bits per heavy atom. The van der Waals surface area contributed by atoms with Gasteiger partial charge in [-0.2, -0.15) is 0 Å². The van der Waals surface area contributed by atoms with Crippen molar-refractivity contribution in [1.29, 1.82) is 0 Å². The highest BCUT2D eigenvalue weighted by molar-refractivity contribution is 7.85. The fourth-order valence-corrected chi connectivity index (χ4v) is 4.43. The quantitative estimate of drug-likeness (QED) is 0.804. The molecule has 0 bridgehead atoms. The molecular weight excluding hydrogens is 342 g/mol. The Bertz CT molecular complexity index is 745. The lowest BCUT2D eigenvalue weighted by molar-refractivity contribution is -0.121. The fourth-order valence-electron chi connectivity index (χ4n) is 3.02. The molecule has 1 aromatic heterocycles. The predicted molar refractivity (Wildman–Crippen MR) is 91.5 cm³/mol. The SMILES string of the molecule is NC(=O)[C@H]1CS(=O)CN1C(=O)c1ccc(C2CC2)c(OCC2CC2)n1. The van der Waals surface area contributed by atoms with Gasteiger partial charge in [0.15, 0.2) is 0 Å². The molecule has 0 aromatic carbocycles. The summed E-state index contributed by atoms with van der Waals surface area (Å²) in [5, 5.41) is 0. The third kappa shape index (κ3) is 3.53. The van der Waals surface area contributed by atoms with Gasteiger partial charge in [0, 0.05) is 16.4 Å². The third-order valence-corrected chi connectivity index (χ3v) is 6.12. The minimum atomic E-state index is -1.26. The standard InChI is InChI=1S/C17H21N3O4S/c18-15(21)14-8-25(23)9-20(14)17(22)13-6-5-12(11-3-4-11)16(19-13)24-7-10-1-2-10/h5-6,10-11,14H,1-4,7-9H2,(H2,18,21)/t14-,25?/m1/s1. The van der Waals surface area contributed by atoms with Gasteiger partial charge in [0.2, 0.25) is 11.8 Å². The molecule has 0 spiro atoms. The maximum absolute atomic E-state index is 12.8. The van der Waals surface area contributed by atoms with Crippen LogP contribution in [0.2, 0.25) is 0 Å². The van der Waals surface area contributed by atoms with Gasteiger partial charge in [-0.25, -0.2) is 4.98 Å². The second-order valence-corrected chi connectivity index (χ2v) is 8.52.